The summed E-state index contributed by atoms with van der Waals surface area (Å²) < 4.78 is 17.0. The van der Waals surface area contributed by atoms with Gasteiger partial charge in [0.2, 0.25) is 0 Å². The summed E-state index contributed by atoms with van der Waals surface area (Å²) in [5.74, 6) is 0.965. The first-order chi connectivity index (χ1) is 45.9. The van der Waals surface area contributed by atoms with E-state index in [2.05, 4.69) is 274 Å². The summed E-state index contributed by atoms with van der Waals surface area (Å²) in [6.07, 6.45) is 6.60. The summed E-state index contributed by atoms with van der Waals surface area (Å²) in [5, 5.41) is 19.1. The third-order valence-corrected chi connectivity index (χ3v) is 23.4. The molecule has 0 fully saturated rings. The van der Waals surface area contributed by atoms with E-state index in [-0.39, 0.29) is 6.10 Å². The Labute approximate surface area is 540 Å². The van der Waals surface area contributed by atoms with Crippen molar-refractivity contribution in [2.75, 3.05) is 0 Å². The standard InChI is InChI=1S/C87H48N2O2S2/c1-87-69(53-29-23-47-24-30-54(42-55(47)41-53)86-89-72-39-32-50-26-25-48-11-2-4-13-56(48)76(50)84(72)93-86)19-10-20-75(87)91-82-70(87)44-66-59-16-7-6-15-58(59)62-34-35-64(81(82)79(62)66)63-36-37-65-77-68-43-52(33-40-73(68)90-74(77)45-67-60-17-8-9-18-61(60)78(63)80(65)67)46-21-27-51(28-22-46)85-88-71-38-31-49-12-3-5-14-57(49)83(71)92-85/h2-45,75H,1H3. The van der Waals surface area contributed by atoms with Gasteiger partial charge in [-0.1, -0.05) is 212 Å². The van der Waals surface area contributed by atoms with Crippen molar-refractivity contribution in [1.29, 1.82) is 0 Å². The average Bonchev–Trinajstić information content (AvgIpc) is 1.55. The Bertz CT molecular complexity index is 6550. The number of fused-ring (bicyclic) bond motifs is 23. The topological polar surface area (TPSA) is 48.2 Å². The van der Waals surface area contributed by atoms with Crippen LogP contribution in [0.5, 0.6) is 5.75 Å². The van der Waals surface area contributed by atoms with E-state index >= 15 is 0 Å². The van der Waals surface area contributed by atoms with Gasteiger partial charge < -0.3 is 9.15 Å². The highest BCUT2D eigenvalue weighted by Gasteiger charge is 2.50. The highest BCUT2D eigenvalue weighted by molar-refractivity contribution is 7.23. The monoisotopic (exact) mass is 1220 g/mol. The molecule has 4 heterocycles. The van der Waals surface area contributed by atoms with E-state index in [0.717, 1.165) is 71.0 Å². The van der Waals surface area contributed by atoms with Gasteiger partial charge in [0.25, 0.3) is 0 Å². The lowest BCUT2D eigenvalue weighted by molar-refractivity contribution is 0.235. The molecule has 93 heavy (non-hydrogen) atoms. The molecule has 0 spiro atoms. The molecule has 18 aromatic rings. The molecule has 0 saturated heterocycles. The highest BCUT2D eigenvalue weighted by Crippen LogP contribution is 2.63. The van der Waals surface area contributed by atoms with Crippen molar-refractivity contribution in [3.63, 3.8) is 0 Å². The average molecular weight is 1220 g/mol. The smallest absolute Gasteiger partial charge is 0.136 e. The van der Waals surface area contributed by atoms with Crippen LogP contribution in [0.15, 0.2) is 271 Å². The van der Waals surface area contributed by atoms with Crippen molar-refractivity contribution in [2.45, 2.75) is 18.4 Å². The van der Waals surface area contributed by atoms with E-state index in [0.29, 0.717) is 0 Å². The van der Waals surface area contributed by atoms with Gasteiger partial charge in [-0.05, 0) is 183 Å². The van der Waals surface area contributed by atoms with Crippen LogP contribution in [0.3, 0.4) is 0 Å². The van der Waals surface area contributed by atoms with Crippen LogP contribution in [-0.2, 0) is 5.41 Å². The maximum atomic E-state index is 7.62. The Morgan fingerprint density at radius 1 is 0.366 bits per heavy atom. The minimum atomic E-state index is -0.525. The molecular formula is C87H48N2O2S2. The molecule has 430 valence electrons. The lowest BCUT2D eigenvalue weighted by Gasteiger charge is -2.34. The first kappa shape index (κ1) is 50.5. The molecule has 15 aromatic carbocycles. The van der Waals surface area contributed by atoms with Crippen LogP contribution < -0.4 is 4.74 Å². The van der Waals surface area contributed by atoms with Crippen molar-refractivity contribution >= 4 is 135 Å². The van der Waals surface area contributed by atoms with Gasteiger partial charge in [0.15, 0.2) is 0 Å². The van der Waals surface area contributed by atoms with Crippen LogP contribution in [0.4, 0.5) is 0 Å². The summed E-state index contributed by atoms with van der Waals surface area (Å²) in [6, 6.07) is 92.2. The second kappa shape index (κ2) is 18.2. The van der Waals surface area contributed by atoms with E-state index in [1.165, 1.54) is 146 Å². The lowest BCUT2D eigenvalue weighted by Crippen LogP contribution is -2.36. The van der Waals surface area contributed by atoms with E-state index < -0.39 is 5.41 Å². The number of allylic oxidation sites excluding steroid dienone is 2. The SMILES string of the molecule is CC12C(c3ccc4ccc(-c5nc6ccc7ccc8ccccc8c7c6s5)cc4c3)=CC=CC1Oc1c2cc2c3c(ccc(-c4ccc5c6c(cc7oc8ccc(-c9ccc(-c%10nc%11ccc%12ccccc%12c%11s%10)cc9)cc8c75)-c5ccccc5-c46)c13)-c1ccccc1-2. The first-order valence-corrected chi connectivity index (χ1v) is 33.6. The number of ether oxygens (including phenoxy) is 1. The Kier molecular flexibility index (Phi) is 9.90. The van der Waals surface area contributed by atoms with Gasteiger partial charge in [-0.3, -0.25) is 0 Å². The van der Waals surface area contributed by atoms with E-state index in [4.69, 9.17) is 19.1 Å². The fourth-order valence-corrected chi connectivity index (χ4v) is 19.0. The fourth-order valence-electron chi connectivity index (χ4n) is 16.8. The summed E-state index contributed by atoms with van der Waals surface area (Å²) in [7, 11) is 0. The van der Waals surface area contributed by atoms with Crippen molar-refractivity contribution < 1.29 is 9.15 Å². The number of furan rings is 1. The van der Waals surface area contributed by atoms with Gasteiger partial charge >= 0.3 is 0 Å². The fraction of sp³-hybridized carbons (Fsp3) is 0.0345. The molecule has 0 bridgehead atoms. The Hall–Kier alpha value is -11.3. The molecule has 0 amide bonds. The normalized spacial score (nSPS) is 15.8. The molecule has 0 radical (unpaired) electrons. The van der Waals surface area contributed by atoms with Crippen LogP contribution in [-0.4, -0.2) is 16.1 Å². The quantitative estimate of drug-likeness (QED) is 0.161. The first-order valence-electron chi connectivity index (χ1n) is 31.9. The minimum Gasteiger partial charge on any atom is -0.484 e. The maximum absolute atomic E-state index is 7.62. The molecule has 0 N–H and O–H groups in total. The molecule has 3 aromatic heterocycles. The third kappa shape index (κ3) is 6.83. The minimum absolute atomic E-state index is 0.239. The molecule has 4 nitrogen and oxygen atoms in total. The van der Waals surface area contributed by atoms with Gasteiger partial charge in [-0.25, -0.2) is 9.97 Å². The molecular weight excluding hydrogens is 1170 g/mol. The zero-order valence-electron chi connectivity index (χ0n) is 50.0. The molecule has 2 atom stereocenters. The summed E-state index contributed by atoms with van der Waals surface area (Å²) in [4.78, 5) is 10.4. The number of hydrogen-bond acceptors (Lipinski definition) is 6. The zero-order valence-corrected chi connectivity index (χ0v) is 51.6. The number of benzene rings is 15. The molecule has 1 aliphatic heterocycles. The molecule has 4 aliphatic rings. The predicted molar refractivity (Wildman–Crippen MR) is 391 cm³/mol. The van der Waals surface area contributed by atoms with Crippen LogP contribution in [0.25, 0.3) is 200 Å². The van der Waals surface area contributed by atoms with Gasteiger partial charge in [-0.15, -0.1) is 22.7 Å². The Morgan fingerprint density at radius 2 is 0.968 bits per heavy atom. The molecule has 6 heteroatoms. The van der Waals surface area contributed by atoms with Gasteiger partial charge in [-0.2, -0.15) is 0 Å². The molecule has 2 unspecified atom stereocenters. The Balaban J connectivity index is 0.688. The number of thiazole rings is 2. The summed E-state index contributed by atoms with van der Waals surface area (Å²) >= 11 is 3.56. The van der Waals surface area contributed by atoms with Crippen molar-refractivity contribution in [3.8, 4) is 93.7 Å². The number of aromatic nitrogens is 2. The van der Waals surface area contributed by atoms with Crippen molar-refractivity contribution in [3.05, 3.63) is 278 Å². The number of hydrogen-bond donors (Lipinski definition) is 0. The van der Waals surface area contributed by atoms with Crippen LogP contribution in [0.2, 0.25) is 0 Å². The number of nitrogens with zero attached hydrogens (tertiary/aromatic N) is 2. The molecule has 22 rings (SSSR count). The molecule has 3 aliphatic carbocycles. The van der Waals surface area contributed by atoms with Gasteiger partial charge in [0.05, 0.1) is 25.8 Å². The second-order valence-corrected chi connectivity index (χ2v) is 27.9. The predicted octanol–water partition coefficient (Wildman–Crippen LogP) is 24.4. The van der Waals surface area contributed by atoms with Crippen molar-refractivity contribution in [1.82, 2.24) is 9.97 Å². The largest absolute Gasteiger partial charge is 0.484 e. The van der Waals surface area contributed by atoms with Crippen molar-refractivity contribution in [2.24, 2.45) is 0 Å². The molecule has 0 saturated carbocycles. The Morgan fingerprint density at radius 3 is 1.81 bits per heavy atom. The van der Waals surface area contributed by atoms with Gasteiger partial charge in [0, 0.05) is 49.0 Å². The van der Waals surface area contributed by atoms with Crippen LogP contribution >= 0.6 is 22.7 Å². The summed E-state index contributed by atoms with van der Waals surface area (Å²) in [5.41, 5.74) is 23.8. The van der Waals surface area contributed by atoms with E-state index in [1.54, 1.807) is 22.7 Å². The van der Waals surface area contributed by atoms with Gasteiger partial charge in [0.1, 0.15) is 33.0 Å². The maximum Gasteiger partial charge on any atom is 0.136 e. The lowest BCUT2D eigenvalue weighted by atomic mass is 9.67. The van der Waals surface area contributed by atoms with E-state index in [1.807, 2.05) is 0 Å². The van der Waals surface area contributed by atoms with Crippen LogP contribution in [0, 0.1) is 0 Å². The van der Waals surface area contributed by atoms with Crippen LogP contribution in [0.1, 0.15) is 18.1 Å². The second-order valence-electron chi connectivity index (χ2n) is 25.9. The van der Waals surface area contributed by atoms with E-state index in [9.17, 15) is 0 Å². The highest BCUT2D eigenvalue weighted by atomic mass is 32.1. The number of rotatable bonds is 5. The zero-order chi connectivity index (χ0) is 60.5. The summed E-state index contributed by atoms with van der Waals surface area (Å²) in [6.45, 7) is 2.42. The third-order valence-electron chi connectivity index (χ3n) is 21.1.